The van der Waals surface area contributed by atoms with Crippen molar-refractivity contribution in [1.82, 2.24) is 4.98 Å². The Balaban J connectivity index is 1.76. The highest BCUT2D eigenvalue weighted by molar-refractivity contribution is 9.10. The molecule has 4 rings (SSSR count). The van der Waals surface area contributed by atoms with Gasteiger partial charge in [-0.1, -0.05) is 63.7 Å². The van der Waals surface area contributed by atoms with E-state index in [-0.39, 0.29) is 0 Å². The van der Waals surface area contributed by atoms with E-state index in [1.54, 1.807) is 12.1 Å². The zero-order valence-electron chi connectivity index (χ0n) is 13.5. The van der Waals surface area contributed by atoms with Crippen molar-refractivity contribution in [2.24, 2.45) is 0 Å². The van der Waals surface area contributed by atoms with Crippen LogP contribution in [0.25, 0.3) is 10.2 Å². The van der Waals surface area contributed by atoms with Crippen molar-refractivity contribution in [2.45, 2.75) is 0 Å². The van der Waals surface area contributed by atoms with Crippen molar-refractivity contribution in [1.29, 1.82) is 0 Å². The molecule has 0 unspecified atom stereocenters. The minimum absolute atomic E-state index is 0.488. The Morgan fingerprint density at radius 3 is 2.38 bits per heavy atom. The fraction of sp³-hybridized carbons (Fsp3) is 0. The first-order valence-corrected chi connectivity index (χ1v) is 9.50. The predicted octanol–water partition coefficient (Wildman–Crippen LogP) is 6.40. The normalized spacial score (nSPS) is 10.7. The van der Waals surface area contributed by atoms with E-state index in [0.717, 1.165) is 14.7 Å². The summed E-state index contributed by atoms with van der Waals surface area (Å²) >= 11 is 4.91. The van der Waals surface area contributed by atoms with Crippen molar-refractivity contribution in [3.63, 3.8) is 0 Å². The van der Waals surface area contributed by atoms with Crippen LogP contribution in [-0.2, 0) is 0 Å². The first-order valence-electron chi connectivity index (χ1n) is 7.89. The monoisotopic (exact) mass is 424 g/mol. The van der Waals surface area contributed by atoms with Crippen LogP contribution >= 0.6 is 27.3 Å². The Kier molecular flexibility index (Phi) is 4.69. The van der Waals surface area contributed by atoms with E-state index < -0.39 is 6.09 Å². The number of carbonyl (C=O) groups is 1. The predicted molar refractivity (Wildman–Crippen MR) is 108 cm³/mol. The highest BCUT2D eigenvalue weighted by Crippen LogP contribution is 2.35. The molecule has 0 fully saturated rings. The van der Waals surface area contributed by atoms with Crippen molar-refractivity contribution in [3.8, 4) is 5.75 Å². The lowest BCUT2D eigenvalue weighted by atomic mass is 10.3. The Hall–Kier alpha value is -2.70. The fourth-order valence-electron chi connectivity index (χ4n) is 2.49. The minimum atomic E-state index is -0.500. The highest BCUT2D eigenvalue weighted by Gasteiger charge is 2.23. The Morgan fingerprint density at radius 2 is 1.65 bits per heavy atom. The highest BCUT2D eigenvalue weighted by atomic mass is 79.9. The second-order valence-corrected chi connectivity index (χ2v) is 7.39. The molecule has 0 aliphatic heterocycles. The molecule has 128 valence electrons. The number of benzene rings is 3. The van der Waals surface area contributed by atoms with Gasteiger partial charge in [0.25, 0.3) is 0 Å². The molecule has 1 amide bonds. The molecular formula is C20H13BrN2O2S. The number of ether oxygens (including phenoxy) is 1. The van der Waals surface area contributed by atoms with Crippen LogP contribution in [0.2, 0.25) is 0 Å². The summed E-state index contributed by atoms with van der Waals surface area (Å²) in [6.07, 6.45) is -0.500. The maximum atomic E-state index is 12.9. The van der Waals surface area contributed by atoms with Gasteiger partial charge in [-0.2, -0.15) is 0 Å². The van der Waals surface area contributed by atoms with Crippen LogP contribution in [0.4, 0.5) is 15.6 Å². The van der Waals surface area contributed by atoms with E-state index in [1.807, 2.05) is 66.7 Å². The SMILES string of the molecule is O=C(Oc1ccccc1)N(c1ccccc1)c1nc2ccc(Br)cc2s1. The molecule has 6 heteroatoms. The standard InChI is InChI=1S/C20H13BrN2O2S/c21-14-11-12-17-18(13-14)26-19(22-17)23(15-7-3-1-4-8-15)20(24)25-16-9-5-2-6-10-16/h1-13H. The van der Waals surface area contributed by atoms with Gasteiger partial charge in [0.05, 0.1) is 15.9 Å². The third-order valence-corrected chi connectivity index (χ3v) is 5.17. The number of nitrogens with zero attached hydrogens (tertiary/aromatic N) is 2. The molecule has 0 saturated heterocycles. The molecule has 4 aromatic rings. The molecule has 4 nitrogen and oxygen atoms in total. The van der Waals surface area contributed by atoms with Crippen LogP contribution in [-0.4, -0.2) is 11.1 Å². The number of anilines is 2. The third-order valence-electron chi connectivity index (χ3n) is 3.68. The number of amides is 1. The largest absolute Gasteiger partial charge is 0.426 e. The number of para-hydroxylation sites is 2. The van der Waals surface area contributed by atoms with Crippen LogP contribution in [0.1, 0.15) is 0 Å². The number of halogens is 1. The molecule has 0 aliphatic rings. The lowest BCUT2D eigenvalue weighted by molar-refractivity contribution is 0.210. The molecular weight excluding hydrogens is 412 g/mol. The Morgan fingerprint density at radius 1 is 0.962 bits per heavy atom. The smallest absolute Gasteiger partial charge is 0.410 e. The summed E-state index contributed by atoms with van der Waals surface area (Å²) in [6.45, 7) is 0. The molecule has 0 bridgehead atoms. The summed E-state index contributed by atoms with van der Waals surface area (Å²) in [5.41, 5.74) is 1.54. The maximum absolute atomic E-state index is 12.9. The van der Waals surface area contributed by atoms with Gasteiger partial charge in [0.2, 0.25) is 5.13 Å². The topological polar surface area (TPSA) is 42.4 Å². The van der Waals surface area contributed by atoms with E-state index in [9.17, 15) is 4.79 Å². The van der Waals surface area contributed by atoms with E-state index in [4.69, 9.17) is 4.74 Å². The van der Waals surface area contributed by atoms with Gasteiger partial charge in [-0.15, -0.1) is 0 Å². The first-order chi connectivity index (χ1) is 12.7. The molecule has 0 spiro atoms. The number of hydrogen-bond donors (Lipinski definition) is 0. The van der Waals surface area contributed by atoms with Crippen molar-refractivity contribution >= 4 is 54.4 Å². The average molecular weight is 425 g/mol. The van der Waals surface area contributed by atoms with Gasteiger partial charge in [-0.05, 0) is 42.5 Å². The summed E-state index contributed by atoms with van der Waals surface area (Å²) in [5, 5.41) is 0.560. The van der Waals surface area contributed by atoms with Crippen LogP contribution < -0.4 is 9.64 Å². The third kappa shape index (κ3) is 3.47. The summed E-state index contributed by atoms with van der Waals surface area (Å²) in [6, 6.07) is 24.2. The van der Waals surface area contributed by atoms with Crippen molar-refractivity contribution in [3.05, 3.63) is 83.3 Å². The summed E-state index contributed by atoms with van der Waals surface area (Å²) in [7, 11) is 0. The van der Waals surface area contributed by atoms with Crippen LogP contribution in [0.15, 0.2) is 83.3 Å². The van der Waals surface area contributed by atoms with Crippen LogP contribution in [0.3, 0.4) is 0 Å². The van der Waals surface area contributed by atoms with Crippen LogP contribution in [0, 0.1) is 0 Å². The zero-order chi connectivity index (χ0) is 17.9. The molecule has 1 aromatic heterocycles. The second kappa shape index (κ2) is 7.27. The number of fused-ring (bicyclic) bond motifs is 1. The number of carbonyl (C=O) groups excluding carboxylic acids is 1. The van der Waals surface area contributed by atoms with E-state index >= 15 is 0 Å². The summed E-state index contributed by atoms with van der Waals surface area (Å²) < 4.78 is 7.51. The van der Waals surface area contributed by atoms with Crippen molar-refractivity contribution in [2.75, 3.05) is 4.90 Å². The fourth-order valence-corrected chi connectivity index (χ4v) is 4.02. The van der Waals surface area contributed by atoms with Gasteiger partial charge >= 0.3 is 6.09 Å². The average Bonchev–Trinajstić information content (AvgIpc) is 3.06. The van der Waals surface area contributed by atoms with E-state index in [1.165, 1.54) is 16.2 Å². The van der Waals surface area contributed by atoms with E-state index in [0.29, 0.717) is 16.6 Å². The van der Waals surface area contributed by atoms with Gasteiger partial charge in [0, 0.05) is 4.47 Å². The molecule has 0 saturated carbocycles. The first kappa shape index (κ1) is 16.8. The Bertz CT molecular complexity index is 1050. The summed E-state index contributed by atoms with van der Waals surface area (Å²) in [5.74, 6) is 0.488. The number of rotatable bonds is 3. The van der Waals surface area contributed by atoms with Gasteiger partial charge in [-0.3, -0.25) is 0 Å². The number of hydrogen-bond acceptors (Lipinski definition) is 4. The Labute approximate surface area is 162 Å². The zero-order valence-corrected chi connectivity index (χ0v) is 15.9. The second-order valence-electron chi connectivity index (χ2n) is 5.46. The minimum Gasteiger partial charge on any atom is -0.410 e. The number of aromatic nitrogens is 1. The maximum Gasteiger partial charge on any atom is 0.426 e. The molecule has 3 aromatic carbocycles. The van der Waals surface area contributed by atoms with Gasteiger partial charge < -0.3 is 4.74 Å². The molecule has 26 heavy (non-hydrogen) atoms. The lowest BCUT2D eigenvalue weighted by Gasteiger charge is -2.19. The number of thiazole rings is 1. The molecule has 0 radical (unpaired) electrons. The molecule has 0 aliphatic carbocycles. The van der Waals surface area contributed by atoms with Gasteiger partial charge in [0.1, 0.15) is 5.75 Å². The van der Waals surface area contributed by atoms with Gasteiger partial charge in [-0.25, -0.2) is 14.7 Å². The molecule has 1 heterocycles. The van der Waals surface area contributed by atoms with Crippen molar-refractivity contribution < 1.29 is 9.53 Å². The van der Waals surface area contributed by atoms with E-state index in [2.05, 4.69) is 20.9 Å². The lowest BCUT2D eigenvalue weighted by Crippen LogP contribution is -2.28. The quantitative estimate of drug-likeness (QED) is 0.382. The van der Waals surface area contributed by atoms with Crippen LogP contribution in [0.5, 0.6) is 5.75 Å². The van der Waals surface area contributed by atoms with Gasteiger partial charge in [0.15, 0.2) is 0 Å². The molecule has 0 N–H and O–H groups in total. The molecule has 0 atom stereocenters. The summed E-state index contributed by atoms with van der Waals surface area (Å²) in [4.78, 5) is 19.0.